The van der Waals surface area contributed by atoms with Crippen molar-refractivity contribution in [3.05, 3.63) is 68.7 Å². The average Bonchev–Trinajstić information content (AvgIpc) is 3.12. The summed E-state index contributed by atoms with van der Waals surface area (Å²) in [4.78, 5) is 28.2. The number of carbonyl (C=O) groups excluding carboxylic acids is 2. The van der Waals surface area contributed by atoms with Crippen molar-refractivity contribution >= 4 is 27.8 Å². The smallest absolute Gasteiger partial charge is 0.338 e. The minimum atomic E-state index is -0.244. The molecule has 0 aliphatic carbocycles. The van der Waals surface area contributed by atoms with Gasteiger partial charge in [0.25, 0.3) is 0 Å². The van der Waals surface area contributed by atoms with Gasteiger partial charge in [-0.15, -0.1) is 0 Å². The van der Waals surface area contributed by atoms with Crippen molar-refractivity contribution in [2.24, 2.45) is 0 Å². The molecular weight excluding hydrogens is 446 g/mol. The third-order valence-electron chi connectivity index (χ3n) is 5.69. The molecule has 0 atom stereocenters. The summed E-state index contributed by atoms with van der Waals surface area (Å²) in [6.45, 7) is 3.87. The third-order valence-corrected chi connectivity index (χ3v) is 6.34. The van der Waals surface area contributed by atoms with Gasteiger partial charge in [-0.3, -0.25) is 9.69 Å². The molecule has 0 radical (unpaired) electrons. The Hall–Kier alpha value is -2.69. The molecule has 2 aliphatic rings. The van der Waals surface area contributed by atoms with Gasteiger partial charge >= 0.3 is 5.97 Å². The van der Waals surface area contributed by atoms with Gasteiger partial charge in [-0.1, -0.05) is 18.2 Å². The zero-order chi connectivity index (χ0) is 21.1. The molecule has 4 rings (SSSR count). The van der Waals surface area contributed by atoms with Crippen LogP contribution in [0.25, 0.3) is 0 Å². The zero-order valence-electron chi connectivity index (χ0n) is 16.6. The Morgan fingerprint density at radius 1 is 1.03 bits per heavy atom. The van der Waals surface area contributed by atoms with Crippen molar-refractivity contribution in [1.29, 1.82) is 5.26 Å². The lowest BCUT2D eigenvalue weighted by Gasteiger charge is -2.34. The van der Waals surface area contributed by atoms with E-state index in [1.165, 1.54) is 0 Å². The summed E-state index contributed by atoms with van der Waals surface area (Å²) in [7, 11) is 0. The highest BCUT2D eigenvalue weighted by atomic mass is 79.9. The topological polar surface area (TPSA) is 73.6 Å². The van der Waals surface area contributed by atoms with Crippen LogP contribution >= 0.6 is 15.9 Å². The molecule has 0 N–H and O–H groups in total. The summed E-state index contributed by atoms with van der Waals surface area (Å²) in [5.41, 5.74) is 4.50. The first kappa shape index (κ1) is 20.6. The maximum Gasteiger partial charge on any atom is 0.338 e. The number of hydrogen-bond acceptors (Lipinski definition) is 5. The second kappa shape index (κ2) is 8.99. The molecule has 0 saturated carbocycles. The summed E-state index contributed by atoms with van der Waals surface area (Å²) >= 11 is 3.42. The van der Waals surface area contributed by atoms with Crippen LogP contribution < -0.4 is 0 Å². The van der Waals surface area contributed by atoms with Crippen LogP contribution in [0.2, 0.25) is 0 Å². The van der Waals surface area contributed by atoms with Crippen molar-refractivity contribution in [1.82, 2.24) is 9.80 Å². The van der Waals surface area contributed by atoms with Crippen molar-refractivity contribution < 1.29 is 14.3 Å². The zero-order valence-corrected chi connectivity index (χ0v) is 18.2. The van der Waals surface area contributed by atoms with Crippen molar-refractivity contribution in [2.75, 3.05) is 32.7 Å². The van der Waals surface area contributed by atoms with Gasteiger partial charge in [-0.2, -0.15) is 5.26 Å². The normalized spacial score (nSPS) is 16.3. The molecule has 1 amide bonds. The van der Waals surface area contributed by atoms with E-state index in [0.29, 0.717) is 30.8 Å². The number of fused-ring (bicyclic) bond motifs is 1. The first-order valence-corrected chi connectivity index (χ1v) is 10.8. The molecule has 0 spiro atoms. The van der Waals surface area contributed by atoms with Gasteiger partial charge in [0.1, 0.15) is 12.7 Å². The summed E-state index contributed by atoms with van der Waals surface area (Å²) in [6, 6.07) is 13.7. The minimum absolute atomic E-state index is 0.155. The number of nitrogens with zero attached hydrogens (tertiary/aromatic N) is 3. The molecule has 0 aromatic heterocycles. The molecular formula is C23H22BrN3O3. The lowest BCUT2D eigenvalue weighted by molar-refractivity contribution is -0.135. The van der Waals surface area contributed by atoms with Crippen LogP contribution in [0.1, 0.15) is 32.6 Å². The Balaban J connectivity index is 1.25. The number of hydrogen-bond donors (Lipinski definition) is 0. The molecule has 1 saturated heterocycles. The Kier molecular flexibility index (Phi) is 6.16. The molecule has 1 fully saturated rings. The number of nitriles is 1. The van der Waals surface area contributed by atoms with E-state index in [4.69, 9.17) is 10.00 Å². The first-order valence-electron chi connectivity index (χ1n) is 10.0. The lowest BCUT2D eigenvalue weighted by Crippen LogP contribution is -2.51. The highest BCUT2D eigenvalue weighted by molar-refractivity contribution is 9.10. The second-order valence-electron chi connectivity index (χ2n) is 7.65. The molecule has 6 nitrogen and oxygen atoms in total. The van der Waals surface area contributed by atoms with Crippen LogP contribution in [0, 0.1) is 11.3 Å². The molecule has 2 aromatic carbocycles. The van der Waals surface area contributed by atoms with Gasteiger partial charge in [0.05, 0.1) is 17.7 Å². The lowest BCUT2D eigenvalue weighted by atomic mass is 10.0. The van der Waals surface area contributed by atoms with E-state index in [-0.39, 0.29) is 11.9 Å². The van der Waals surface area contributed by atoms with Gasteiger partial charge in [-0.05, 0) is 58.1 Å². The second-order valence-corrected chi connectivity index (χ2v) is 8.50. The monoisotopic (exact) mass is 467 g/mol. The number of esters is 1. The Morgan fingerprint density at radius 3 is 2.57 bits per heavy atom. The molecule has 0 unspecified atom stereocenters. The highest BCUT2D eigenvalue weighted by Crippen LogP contribution is 2.22. The standard InChI is InChI=1S/C23H22BrN3O3/c24-21-12-17(1-3-18(21)13-25)6-8-27-10-9-26(14-22(27)28)7-5-16-2-4-20-19(11-16)15-30-23(20)29/h1-4,11-12H,5-10,14-15H2. The maximum atomic E-state index is 12.6. The van der Waals surface area contributed by atoms with Gasteiger partial charge < -0.3 is 9.64 Å². The van der Waals surface area contributed by atoms with E-state index >= 15 is 0 Å². The van der Waals surface area contributed by atoms with E-state index in [9.17, 15) is 9.59 Å². The number of halogens is 1. The number of benzene rings is 2. The van der Waals surface area contributed by atoms with E-state index < -0.39 is 0 Å². The first-order chi connectivity index (χ1) is 14.5. The number of amides is 1. The largest absolute Gasteiger partial charge is 0.457 e. The summed E-state index contributed by atoms with van der Waals surface area (Å²) in [5, 5.41) is 9.01. The molecule has 2 aromatic rings. The summed E-state index contributed by atoms with van der Waals surface area (Å²) in [5.74, 6) is -0.0893. The fraction of sp³-hybridized carbons (Fsp3) is 0.348. The van der Waals surface area contributed by atoms with Gasteiger partial charge in [0.15, 0.2) is 0 Å². The van der Waals surface area contributed by atoms with Crippen LogP contribution in [-0.2, 0) is 29.0 Å². The number of piperazine rings is 1. The third kappa shape index (κ3) is 4.55. The molecule has 154 valence electrons. The maximum absolute atomic E-state index is 12.6. The Bertz CT molecular complexity index is 1030. The average molecular weight is 468 g/mol. The molecule has 2 aliphatic heterocycles. The molecule has 30 heavy (non-hydrogen) atoms. The van der Waals surface area contributed by atoms with Crippen LogP contribution in [0.3, 0.4) is 0 Å². The Labute approximate surface area is 184 Å². The minimum Gasteiger partial charge on any atom is -0.457 e. The van der Waals surface area contributed by atoms with Crippen molar-refractivity contribution in [3.8, 4) is 6.07 Å². The van der Waals surface area contributed by atoms with Crippen molar-refractivity contribution in [2.45, 2.75) is 19.4 Å². The van der Waals surface area contributed by atoms with Crippen molar-refractivity contribution in [3.63, 3.8) is 0 Å². The van der Waals surface area contributed by atoms with Crippen LogP contribution in [0.4, 0.5) is 0 Å². The van der Waals surface area contributed by atoms with Gasteiger partial charge in [0.2, 0.25) is 5.91 Å². The van der Waals surface area contributed by atoms with Gasteiger partial charge in [-0.25, -0.2) is 4.79 Å². The van der Waals surface area contributed by atoms with E-state index in [2.05, 4.69) is 26.9 Å². The quantitative estimate of drug-likeness (QED) is 0.610. The van der Waals surface area contributed by atoms with Crippen LogP contribution in [0.15, 0.2) is 40.9 Å². The van der Waals surface area contributed by atoms with E-state index in [0.717, 1.165) is 53.6 Å². The fourth-order valence-electron chi connectivity index (χ4n) is 3.88. The Morgan fingerprint density at radius 2 is 1.80 bits per heavy atom. The molecule has 0 bridgehead atoms. The van der Waals surface area contributed by atoms with E-state index in [1.807, 2.05) is 35.2 Å². The van der Waals surface area contributed by atoms with Gasteiger partial charge in [0, 0.05) is 36.2 Å². The predicted molar refractivity (Wildman–Crippen MR) is 115 cm³/mol. The fourth-order valence-corrected chi connectivity index (χ4v) is 4.40. The molecule has 7 heteroatoms. The highest BCUT2D eigenvalue weighted by Gasteiger charge is 2.24. The predicted octanol–water partition coefficient (Wildman–Crippen LogP) is 2.92. The summed E-state index contributed by atoms with van der Waals surface area (Å²) in [6.07, 6.45) is 1.61. The number of carbonyl (C=O) groups is 2. The SMILES string of the molecule is N#Cc1ccc(CCN2CCN(CCc3ccc4c(c3)COC4=O)CC2=O)cc1Br. The molecule has 2 heterocycles. The van der Waals surface area contributed by atoms with Crippen LogP contribution in [0.5, 0.6) is 0 Å². The summed E-state index contributed by atoms with van der Waals surface area (Å²) < 4.78 is 5.85. The number of rotatable bonds is 6. The van der Waals surface area contributed by atoms with E-state index in [1.54, 1.807) is 6.07 Å². The van der Waals surface area contributed by atoms with Crippen LogP contribution in [-0.4, -0.2) is 54.4 Å². The number of ether oxygens (including phenoxy) is 1. The number of cyclic esters (lactones) is 1.